The third-order valence-corrected chi connectivity index (χ3v) is 6.28. The molecule has 2 N–H and O–H groups in total. The van der Waals surface area contributed by atoms with Gasteiger partial charge in [0.1, 0.15) is 0 Å². The number of benzene rings is 2. The van der Waals surface area contributed by atoms with E-state index in [0.29, 0.717) is 30.6 Å². The van der Waals surface area contributed by atoms with Gasteiger partial charge in [-0.15, -0.1) is 0 Å². The van der Waals surface area contributed by atoms with Gasteiger partial charge in [0, 0.05) is 24.4 Å². The van der Waals surface area contributed by atoms with E-state index in [9.17, 15) is 9.90 Å². The summed E-state index contributed by atoms with van der Waals surface area (Å²) < 4.78 is 16.4. The van der Waals surface area contributed by atoms with Crippen LogP contribution in [0, 0.1) is 5.41 Å². The van der Waals surface area contributed by atoms with Crippen LogP contribution < -0.4 is 9.47 Å². The van der Waals surface area contributed by atoms with E-state index in [4.69, 9.17) is 14.2 Å². The number of imidazole rings is 1. The molecule has 8 heteroatoms. The van der Waals surface area contributed by atoms with E-state index < -0.39 is 17.6 Å². The number of para-hydroxylation sites is 2. The van der Waals surface area contributed by atoms with Crippen LogP contribution in [0.4, 0.5) is 4.79 Å². The Morgan fingerprint density at radius 3 is 2.71 bits per heavy atom. The maximum atomic E-state index is 12.2. The van der Waals surface area contributed by atoms with E-state index in [1.165, 1.54) is 7.11 Å². The monoisotopic (exact) mass is 425 g/mol. The molecule has 1 amide bonds. The number of amides is 1. The highest BCUT2D eigenvalue weighted by Gasteiger charge is 2.48. The molecule has 0 spiro atoms. The van der Waals surface area contributed by atoms with Crippen LogP contribution in [0.25, 0.3) is 11.0 Å². The zero-order valence-electron chi connectivity index (χ0n) is 18.1. The molecule has 1 aliphatic heterocycles. The van der Waals surface area contributed by atoms with Crippen LogP contribution in [0.3, 0.4) is 0 Å². The van der Waals surface area contributed by atoms with E-state index in [1.54, 1.807) is 18.9 Å². The second kappa shape index (κ2) is 8.11. The van der Waals surface area contributed by atoms with E-state index >= 15 is 0 Å². The highest BCUT2D eigenvalue weighted by molar-refractivity contribution is 5.75. The van der Waals surface area contributed by atoms with Crippen molar-refractivity contribution in [1.29, 1.82) is 0 Å². The summed E-state index contributed by atoms with van der Waals surface area (Å²) >= 11 is 0. The molecule has 164 valence electrons. The SMILES string of the molecule is COC(=O)N1C[C@@H](c2ccc(OC)c(Oc3nc4ccccc4[nH]3)c2)[C@](C)([C@H](C)O)C1. The van der Waals surface area contributed by atoms with Crippen molar-refractivity contribution in [3.63, 3.8) is 0 Å². The lowest BCUT2D eigenvalue weighted by atomic mass is 9.72. The minimum absolute atomic E-state index is 0.115. The van der Waals surface area contributed by atoms with Crippen LogP contribution in [0.5, 0.6) is 17.5 Å². The molecule has 8 nitrogen and oxygen atoms in total. The smallest absolute Gasteiger partial charge is 0.409 e. The third-order valence-electron chi connectivity index (χ3n) is 6.28. The number of aliphatic hydroxyl groups excluding tert-OH is 1. The van der Waals surface area contributed by atoms with Crippen molar-refractivity contribution in [2.24, 2.45) is 5.41 Å². The third kappa shape index (κ3) is 3.79. The summed E-state index contributed by atoms with van der Waals surface area (Å²) in [7, 11) is 2.94. The van der Waals surface area contributed by atoms with Crippen molar-refractivity contribution in [3.05, 3.63) is 48.0 Å². The molecule has 2 heterocycles. The van der Waals surface area contributed by atoms with Crippen molar-refractivity contribution < 1.29 is 24.1 Å². The number of hydrogen-bond acceptors (Lipinski definition) is 6. The van der Waals surface area contributed by atoms with Gasteiger partial charge in [-0.1, -0.05) is 25.1 Å². The normalized spacial score (nSPS) is 21.8. The molecule has 0 radical (unpaired) electrons. The van der Waals surface area contributed by atoms with Gasteiger partial charge in [-0.05, 0) is 36.8 Å². The van der Waals surface area contributed by atoms with E-state index in [0.717, 1.165) is 16.6 Å². The number of aromatic nitrogens is 2. The molecule has 0 aliphatic carbocycles. The van der Waals surface area contributed by atoms with Gasteiger partial charge in [0.25, 0.3) is 6.01 Å². The Labute approximate surface area is 180 Å². The number of carbonyl (C=O) groups is 1. The number of H-pyrrole nitrogens is 1. The van der Waals surface area contributed by atoms with Gasteiger partial charge >= 0.3 is 6.09 Å². The fourth-order valence-corrected chi connectivity index (χ4v) is 4.26. The van der Waals surface area contributed by atoms with Gasteiger partial charge < -0.3 is 29.2 Å². The molecule has 3 atom stereocenters. The Kier molecular flexibility index (Phi) is 5.49. The Morgan fingerprint density at radius 2 is 2.03 bits per heavy atom. The lowest BCUT2D eigenvalue weighted by Crippen LogP contribution is -2.38. The number of fused-ring (bicyclic) bond motifs is 1. The van der Waals surface area contributed by atoms with Crippen LogP contribution in [0.1, 0.15) is 25.3 Å². The van der Waals surface area contributed by atoms with Gasteiger partial charge in [-0.2, -0.15) is 4.98 Å². The fraction of sp³-hybridized carbons (Fsp3) is 0.391. The van der Waals surface area contributed by atoms with E-state index in [1.807, 2.05) is 49.4 Å². The summed E-state index contributed by atoms with van der Waals surface area (Å²) in [6.07, 6.45) is -1.03. The summed E-state index contributed by atoms with van der Waals surface area (Å²) in [5, 5.41) is 10.6. The van der Waals surface area contributed by atoms with Gasteiger partial charge in [-0.3, -0.25) is 0 Å². The number of methoxy groups -OCH3 is 2. The second-order valence-corrected chi connectivity index (χ2v) is 8.16. The largest absolute Gasteiger partial charge is 0.493 e. The minimum atomic E-state index is -0.631. The lowest BCUT2D eigenvalue weighted by Gasteiger charge is -2.33. The summed E-state index contributed by atoms with van der Waals surface area (Å²) in [6, 6.07) is 13.7. The van der Waals surface area contributed by atoms with E-state index in [2.05, 4.69) is 9.97 Å². The molecule has 3 aromatic rings. The van der Waals surface area contributed by atoms with Gasteiger partial charge in [0.2, 0.25) is 0 Å². The quantitative estimate of drug-likeness (QED) is 0.643. The summed E-state index contributed by atoms with van der Waals surface area (Å²) in [5.41, 5.74) is 2.07. The topological polar surface area (TPSA) is 96.9 Å². The van der Waals surface area contributed by atoms with Gasteiger partial charge in [0.05, 0.1) is 31.4 Å². The molecule has 1 fully saturated rings. The first-order valence-electron chi connectivity index (χ1n) is 10.2. The number of carbonyl (C=O) groups excluding carboxylic acids is 1. The van der Waals surface area contributed by atoms with Crippen molar-refractivity contribution in [1.82, 2.24) is 14.9 Å². The highest BCUT2D eigenvalue weighted by Crippen LogP contribution is 2.47. The molecule has 2 aromatic carbocycles. The zero-order chi connectivity index (χ0) is 22.2. The van der Waals surface area contributed by atoms with Crippen LogP contribution in [0.2, 0.25) is 0 Å². The van der Waals surface area contributed by atoms with E-state index in [-0.39, 0.29) is 5.92 Å². The Balaban J connectivity index is 1.69. The Bertz CT molecular complexity index is 1060. The minimum Gasteiger partial charge on any atom is -0.493 e. The molecule has 4 rings (SSSR count). The Morgan fingerprint density at radius 1 is 1.26 bits per heavy atom. The molecule has 1 saturated heterocycles. The van der Waals surface area contributed by atoms with Crippen molar-refractivity contribution in [2.75, 3.05) is 27.3 Å². The predicted octanol–water partition coefficient (Wildman–Crippen LogP) is 3.92. The first kappa shape index (κ1) is 21.0. The molecule has 0 bridgehead atoms. The Hall–Kier alpha value is -3.26. The fourth-order valence-electron chi connectivity index (χ4n) is 4.26. The highest BCUT2D eigenvalue weighted by atomic mass is 16.5. The molecular weight excluding hydrogens is 398 g/mol. The van der Waals surface area contributed by atoms with Gasteiger partial charge in [-0.25, -0.2) is 4.79 Å². The summed E-state index contributed by atoms with van der Waals surface area (Å²) in [6.45, 7) is 4.57. The van der Waals surface area contributed by atoms with Crippen LogP contribution >= 0.6 is 0 Å². The average molecular weight is 425 g/mol. The summed E-state index contributed by atoms with van der Waals surface area (Å²) in [5.74, 6) is 0.949. The second-order valence-electron chi connectivity index (χ2n) is 8.16. The number of aromatic amines is 1. The number of aliphatic hydroxyl groups is 1. The maximum Gasteiger partial charge on any atom is 0.409 e. The standard InChI is InChI=1S/C23H27N3O5/c1-14(27)23(2)13-26(22(28)30-4)12-16(23)15-9-10-19(29-3)20(11-15)31-21-24-17-7-5-6-8-18(17)25-21/h5-11,14,16,27H,12-13H2,1-4H3,(H,24,25)/t14-,16-,23-/m0/s1. The molecular formula is C23H27N3O5. The number of nitrogens with zero attached hydrogens (tertiary/aromatic N) is 2. The van der Waals surface area contributed by atoms with Crippen molar-refractivity contribution in [3.8, 4) is 17.5 Å². The average Bonchev–Trinajstić information content (AvgIpc) is 3.34. The molecule has 0 saturated carbocycles. The molecule has 1 aliphatic rings. The first-order valence-corrected chi connectivity index (χ1v) is 10.2. The molecule has 0 unspecified atom stereocenters. The maximum absolute atomic E-state index is 12.2. The van der Waals surface area contributed by atoms with Crippen LogP contribution in [0.15, 0.2) is 42.5 Å². The summed E-state index contributed by atoms with van der Waals surface area (Å²) in [4.78, 5) is 21.4. The predicted molar refractivity (Wildman–Crippen MR) is 116 cm³/mol. The van der Waals surface area contributed by atoms with Crippen molar-refractivity contribution >= 4 is 17.1 Å². The number of nitrogens with one attached hydrogen (secondary N) is 1. The van der Waals surface area contributed by atoms with Crippen LogP contribution in [-0.2, 0) is 4.74 Å². The van der Waals surface area contributed by atoms with Crippen molar-refractivity contribution in [2.45, 2.75) is 25.9 Å². The number of hydrogen-bond donors (Lipinski definition) is 2. The zero-order valence-corrected chi connectivity index (χ0v) is 18.1. The number of likely N-dealkylation sites (tertiary alicyclic amines) is 1. The number of ether oxygens (including phenoxy) is 3. The van der Waals surface area contributed by atoms with Crippen LogP contribution in [-0.4, -0.2) is 59.5 Å². The molecule has 1 aromatic heterocycles. The molecule has 31 heavy (non-hydrogen) atoms. The first-order chi connectivity index (χ1) is 14.9. The van der Waals surface area contributed by atoms with Gasteiger partial charge in [0.15, 0.2) is 11.5 Å². The number of rotatable bonds is 5. The lowest BCUT2D eigenvalue weighted by molar-refractivity contribution is 0.0470.